The molecule has 0 aromatic heterocycles. The van der Waals surface area contributed by atoms with Crippen molar-refractivity contribution in [3.63, 3.8) is 0 Å². The standard InChI is InChI=1S/C15H30N4O/c1-13-5-3-8-19(12-13)15(16)17-11-14-6-4-7-18(14)9-10-20-2/h13-14H,3-12H2,1-2H3,(H2,16,17). The van der Waals surface area contributed by atoms with Gasteiger partial charge >= 0.3 is 0 Å². The second-order valence-corrected chi connectivity index (χ2v) is 6.22. The van der Waals surface area contributed by atoms with Gasteiger partial charge in [0.05, 0.1) is 13.2 Å². The second kappa shape index (κ2) is 7.84. The van der Waals surface area contributed by atoms with E-state index in [1.165, 1.54) is 32.2 Å². The van der Waals surface area contributed by atoms with Crippen LogP contribution in [0, 0.1) is 5.92 Å². The smallest absolute Gasteiger partial charge is 0.191 e. The van der Waals surface area contributed by atoms with Crippen LogP contribution in [0.5, 0.6) is 0 Å². The van der Waals surface area contributed by atoms with Crippen molar-refractivity contribution in [3.8, 4) is 0 Å². The number of hydrogen-bond acceptors (Lipinski definition) is 3. The fraction of sp³-hybridized carbons (Fsp3) is 0.933. The number of nitrogens with zero attached hydrogens (tertiary/aromatic N) is 3. The zero-order valence-corrected chi connectivity index (χ0v) is 13.1. The van der Waals surface area contributed by atoms with Crippen LogP contribution in [-0.4, -0.2) is 68.2 Å². The first-order valence-electron chi connectivity index (χ1n) is 7.98. The lowest BCUT2D eigenvalue weighted by molar-refractivity contribution is 0.142. The van der Waals surface area contributed by atoms with Crippen molar-refractivity contribution in [2.45, 2.75) is 38.6 Å². The number of likely N-dealkylation sites (tertiary alicyclic amines) is 2. The number of nitrogens with two attached hydrogens (primary N) is 1. The molecule has 0 aliphatic carbocycles. The Kier molecular flexibility index (Phi) is 6.10. The summed E-state index contributed by atoms with van der Waals surface area (Å²) in [5, 5.41) is 0. The predicted molar refractivity (Wildman–Crippen MR) is 82.9 cm³/mol. The predicted octanol–water partition coefficient (Wildman–Crippen LogP) is 1.14. The van der Waals surface area contributed by atoms with E-state index < -0.39 is 0 Å². The Hall–Kier alpha value is -0.810. The molecule has 0 radical (unpaired) electrons. The molecule has 5 heteroatoms. The van der Waals surface area contributed by atoms with Gasteiger partial charge in [-0.2, -0.15) is 0 Å². The summed E-state index contributed by atoms with van der Waals surface area (Å²) in [7, 11) is 1.76. The van der Waals surface area contributed by atoms with Gasteiger partial charge in [0, 0.05) is 32.8 Å². The molecular formula is C15H30N4O. The maximum Gasteiger partial charge on any atom is 0.191 e. The molecule has 0 saturated carbocycles. The Morgan fingerprint density at radius 1 is 1.30 bits per heavy atom. The summed E-state index contributed by atoms with van der Waals surface area (Å²) in [5.74, 6) is 1.48. The number of hydrogen-bond donors (Lipinski definition) is 1. The lowest BCUT2D eigenvalue weighted by Gasteiger charge is -2.32. The first-order chi connectivity index (χ1) is 9.70. The van der Waals surface area contributed by atoms with Crippen molar-refractivity contribution < 1.29 is 4.74 Å². The van der Waals surface area contributed by atoms with Gasteiger partial charge in [0.2, 0.25) is 0 Å². The topological polar surface area (TPSA) is 54.1 Å². The molecule has 0 aromatic carbocycles. The molecule has 0 aromatic rings. The van der Waals surface area contributed by atoms with Gasteiger partial charge in [0.1, 0.15) is 0 Å². The average molecular weight is 282 g/mol. The molecule has 2 rings (SSSR count). The molecule has 20 heavy (non-hydrogen) atoms. The van der Waals surface area contributed by atoms with E-state index in [0.29, 0.717) is 6.04 Å². The quantitative estimate of drug-likeness (QED) is 0.607. The van der Waals surface area contributed by atoms with Gasteiger partial charge in [-0.3, -0.25) is 9.89 Å². The molecule has 2 N–H and O–H groups in total. The molecule has 2 aliphatic rings. The average Bonchev–Trinajstić information content (AvgIpc) is 2.90. The number of rotatable bonds is 5. The van der Waals surface area contributed by atoms with Crippen LogP contribution in [0.15, 0.2) is 4.99 Å². The minimum Gasteiger partial charge on any atom is -0.383 e. The first kappa shape index (κ1) is 15.6. The molecule has 0 spiro atoms. The molecule has 2 unspecified atom stereocenters. The van der Waals surface area contributed by atoms with Crippen molar-refractivity contribution in [2.75, 3.05) is 46.4 Å². The molecule has 0 amide bonds. The summed E-state index contributed by atoms with van der Waals surface area (Å²) in [6.45, 7) is 8.25. The molecule has 2 saturated heterocycles. The van der Waals surface area contributed by atoms with Crippen LogP contribution in [0.25, 0.3) is 0 Å². The Morgan fingerprint density at radius 3 is 2.85 bits per heavy atom. The Balaban J connectivity index is 1.81. The molecule has 5 nitrogen and oxygen atoms in total. The number of ether oxygens (including phenoxy) is 1. The van der Waals surface area contributed by atoms with Crippen molar-refractivity contribution in [3.05, 3.63) is 0 Å². The van der Waals surface area contributed by atoms with Crippen LogP contribution in [-0.2, 0) is 4.74 Å². The van der Waals surface area contributed by atoms with Crippen LogP contribution in [0.2, 0.25) is 0 Å². The summed E-state index contributed by atoms with van der Waals surface area (Å²) >= 11 is 0. The van der Waals surface area contributed by atoms with Crippen LogP contribution < -0.4 is 5.73 Å². The summed E-state index contributed by atoms with van der Waals surface area (Å²) < 4.78 is 5.17. The highest BCUT2D eigenvalue weighted by Crippen LogP contribution is 2.18. The molecular weight excluding hydrogens is 252 g/mol. The van der Waals surface area contributed by atoms with Crippen LogP contribution in [0.1, 0.15) is 32.6 Å². The third-order valence-electron chi connectivity index (χ3n) is 4.53. The van der Waals surface area contributed by atoms with Gasteiger partial charge in [-0.1, -0.05) is 6.92 Å². The highest BCUT2D eigenvalue weighted by atomic mass is 16.5. The highest BCUT2D eigenvalue weighted by Gasteiger charge is 2.24. The second-order valence-electron chi connectivity index (χ2n) is 6.22. The Bertz CT molecular complexity index is 321. The Morgan fingerprint density at radius 2 is 2.10 bits per heavy atom. The van der Waals surface area contributed by atoms with E-state index in [1.807, 2.05) is 0 Å². The fourth-order valence-electron chi connectivity index (χ4n) is 3.30. The molecule has 116 valence electrons. The summed E-state index contributed by atoms with van der Waals surface area (Å²) in [5.41, 5.74) is 6.17. The molecule has 2 fully saturated rings. The van der Waals surface area contributed by atoms with E-state index in [-0.39, 0.29) is 0 Å². The van der Waals surface area contributed by atoms with Crippen molar-refractivity contribution in [1.29, 1.82) is 0 Å². The largest absolute Gasteiger partial charge is 0.383 e. The van der Waals surface area contributed by atoms with Gasteiger partial charge in [-0.05, 0) is 38.1 Å². The van der Waals surface area contributed by atoms with Gasteiger partial charge in [-0.25, -0.2) is 0 Å². The summed E-state index contributed by atoms with van der Waals surface area (Å²) in [4.78, 5) is 9.40. The minimum absolute atomic E-state index is 0.547. The van der Waals surface area contributed by atoms with Crippen LogP contribution in [0.3, 0.4) is 0 Å². The van der Waals surface area contributed by atoms with E-state index in [4.69, 9.17) is 10.5 Å². The number of aliphatic imine (C=N–C) groups is 1. The molecule has 2 aliphatic heterocycles. The zero-order chi connectivity index (χ0) is 14.4. The number of guanidine groups is 1. The monoisotopic (exact) mass is 282 g/mol. The van der Waals surface area contributed by atoms with E-state index in [1.54, 1.807) is 7.11 Å². The third-order valence-corrected chi connectivity index (χ3v) is 4.53. The minimum atomic E-state index is 0.547. The molecule has 2 atom stereocenters. The summed E-state index contributed by atoms with van der Waals surface area (Å²) in [6, 6.07) is 0.547. The number of piperidine rings is 1. The first-order valence-corrected chi connectivity index (χ1v) is 7.98. The SMILES string of the molecule is COCCN1CCCC1CN=C(N)N1CCCC(C)C1. The highest BCUT2D eigenvalue weighted by molar-refractivity contribution is 5.78. The van der Waals surface area contributed by atoms with Crippen molar-refractivity contribution >= 4 is 5.96 Å². The zero-order valence-electron chi connectivity index (χ0n) is 13.1. The van der Waals surface area contributed by atoms with E-state index >= 15 is 0 Å². The molecule has 0 bridgehead atoms. The normalized spacial score (nSPS) is 29.1. The molecule has 2 heterocycles. The lowest BCUT2D eigenvalue weighted by Crippen LogP contribution is -2.44. The third kappa shape index (κ3) is 4.35. The Labute approximate surface area is 123 Å². The lowest BCUT2D eigenvalue weighted by atomic mass is 10.0. The van der Waals surface area contributed by atoms with Gasteiger partial charge in [-0.15, -0.1) is 0 Å². The van der Waals surface area contributed by atoms with Crippen LogP contribution >= 0.6 is 0 Å². The summed E-state index contributed by atoms with van der Waals surface area (Å²) in [6.07, 6.45) is 5.05. The van der Waals surface area contributed by atoms with Crippen LogP contribution in [0.4, 0.5) is 0 Å². The van der Waals surface area contributed by atoms with E-state index in [9.17, 15) is 0 Å². The fourth-order valence-corrected chi connectivity index (χ4v) is 3.30. The van der Waals surface area contributed by atoms with Gasteiger partial charge < -0.3 is 15.4 Å². The van der Waals surface area contributed by atoms with E-state index in [0.717, 1.165) is 44.7 Å². The van der Waals surface area contributed by atoms with Crippen molar-refractivity contribution in [2.24, 2.45) is 16.6 Å². The van der Waals surface area contributed by atoms with Crippen molar-refractivity contribution in [1.82, 2.24) is 9.80 Å². The van der Waals surface area contributed by atoms with Gasteiger partial charge in [0.15, 0.2) is 5.96 Å². The maximum atomic E-state index is 6.17. The van der Waals surface area contributed by atoms with Gasteiger partial charge in [0.25, 0.3) is 0 Å². The number of methoxy groups -OCH3 is 1. The maximum absolute atomic E-state index is 6.17. The van der Waals surface area contributed by atoms with E-state index in [2.05, 4.69) is 21.7 Å².